The Bertz CT molecular complexity index is 688. The van der Waals surface area contributed by atoms with Gasteiger partial charge < -0.3 is 10.6 Å². The Morgan fingerprint density at radius 3 is 2.70 bits per heavy atom. The molecule has 5 nitrogen and oxygen atoms in total. The molecular weight excluding hydrogens is 309 g/mol. The molecule has 122 valence electrons. The molecule has 0 radical (unpaired) electrons. The maximum absolute atomic E-state index is 12.7. The highest BCUT2D eigenvalue weighted by atomic mass is 19.4. The summed E-state index contributed by atoms with van der Waals surface area (Å²) in [4.78, 5) is 19.6. The molecule has 0 fully saturated rings. The molecular formula is C15H15F3N4O. The van der Waals surface area contributed by atoms with Crippen LogP contribution >= 0.6 is 0 Å². The number of carbonyl (C=O) groups is 1. The third-order valence-corrected chi connectivity index (χ3v) is 2.90. The number of anilines is 2. The minimum Gasteiger partial charge on any atom is -0.351 e. The molecule has 0 aliphatic rings. The molecule has 1 amide bonds. The first-order valence-electron chi connectivity index (χ1n) is 6.94. The lowest BCUT2D eigenvalue weighted by molar-refractivity contribution is -0.137. The summed E-state index contributed by atoms with van der Waals surface area (Å²) in [6.07, 6.45) is -2.46. The molecule has 2 rings (SSSR count). The van der Waals surface area contributed by atoms with Crippen LogP contribution in [0.15, 0.2) is 36.7 Å². The van der Waals surface area contributed by atoms with Crippen LogP contribution < -0.4 is 10.6 Å². The van der Waals surface area contributed by atoms with Gasteiger partial charge in [0, 0.05) is 18.3 Å². The summed E-state index contributed by atoms with van der Waals surface area (Å²) >= 11 is 0. The Kier molecular flexibility index (Phi) is 5.15. The van der Waals surface area contributed by atoms with Gasteiger partial charge >= 0.3 is 6.18 Å². The highest BCUT2D eigenvalue weighted by molar-refractivity contribution is 5.92. The SMILES string of the molecule is CCCNC(=O)c1cc(Nc2cccc(C(F)(F)F)c2)ncn1. The van der Waals surface area contributed by atoms with Crippen molar-refractivity contribution < 1.29 is 18.0 Å². The van der Waals surface area contributed by atoms with Crippen molar-refractivity contribution in [1.82, 2.24) is 15.3 Å². The van der Waals surface area contributed by atoms with Crippen molar-refractivity contribution in [3.05, 3.63) is 47.9 Å². The highest BCUT2D eigenvalue weighted by Gasteiger charge is 2.30. The molecule has 0 aliphatic carbocycles. The predicted octanol–water partition coefficient (Wildman–Crippen LogP) is 3.38. The molecule has 0 spiro atoms. The lowest BCUT2D eigenvalue weighted by Gasteiger charge is -2.10. The largest absolute Gasteiger partial charge is 0.416 e. The van der Waals surface area contributed by atoms with Gasteiger partial charge in [0.05, 0.1) is 5.56 Å². The van der Waals surface area contributed by atoms with Gasteiger partial charge in [0.2, 0.25) is 0 Å². The van der Waals surface area contributed by atoms with E-state index in [9.17, 15) is 18.0 Å². The fraction of sp³-hybridized carbons (Fsp3) is 0.267. The smallest absolute Gasteiger partial charge is 0.351 e. The van der Waals surface area contributed by atoms with Gasteiger partial charge in [0.15, 0.2) is 0 Å². The molecule has 1 aromatic heterocycles. The van der Waals surface area contributed by atoms with E-state index in [4.69, 9.17) is 0 Å². The number of carbonyl (C=O) groups excluding carboxylic acids is 1. The van der Waals surface area contributed by atoms with Gasteiger partial charge in [0.1, 0.15) is 17.8 Å². The number of alkyl halides is 3. The Morgan fingerprint density at radius 2 is 2.00 bits per heavy atom. The van der Waals surface area contributed by atoms with Crippen LogP contribution in [0.1, 0.15) is 29.4 Å². The normalized spacial score (nSPS) is 11.1. The van der Waals surface area contributed by atoms with Gasteiger partial charge in [-0.05, 0) is 24.6 Å². The number of nitrogens with one attached hydrogen (secondary N) is 2. The van der Waals surface area contributed by atoms with Crippen LogP contribution in [0.4, 0.5) is 24.7 Å². The van der Waals surface area contributed by atoms with Crippen molar-refractivity contribution >= 4 is 17.4 Å². The molecule has 0 atom stereocenters. The summed E-state index contributed by atoms with van der Waals surface area (Å²) in [6.45, 7) is 2.43. The first-order chi connectivity index (χ1) is 10.9. The number of benzene rings is 1. The molecule has 2 N–H and O–H groups in total. The van der Waals surface area contributed by atoms with Crippen LogP contribution in [0.25, 0.3) is 0 Å². The van der Waals surface area contributed by atoms with E-state index in [0.717, 1.165) is 18.6 Å². The summed E-state index contributed by atoms with van der Waals surface area (Å²) in [5, 5.41) is 5.40. The van der Waals surface area contributed by atoms with E-state index >= 15 is 0 Å². The van der Waals surface area contributed by atoms with Crippen LogP contribution in [0.5, 0.6) is 0 Å². The molecule has 0 saturated carbocycles. The van der Waals surface area contributed by atoms with E-state index in [2.05, 4.69) is 20.6 Å². The van der Waals surface area contributed by atoms with Crippen molar-refractivity contribution in [1.29, 1.82) is 0 Å². The van der Waals surface area contributed by atoms with Gasteiger partial charge in [0.25, 0.3) is 5.91 Å². The molecule has 1 heterocycles. The van der Waals surface area contributed by atoms with E-state index in [1.54, 1.807) is 0 Å². The van der Waals surface area contributed by atoms with Gasteiger partial charge in [-0.3, -0.25) is 4.79 Å². The quantitative estimate of drug-likeness (QED) is 0.885. The molecule has 0 aliphatic heterocycles. The number of rotatable bonds is 5. The highest BCUT2D eigenvalue weighted by Crippen LogP contribution is 2.31. The number of amides is 1. The second-order valence-electron chi connectivity index (χ2n) is 4.75. The average molecular weight is 324 g/mol. The van der Waals surface area contributed by atoms with Crippen LogP contribution in [-0.4, -0.2) is 22.4 Å². The number of hydrogen-bond acceptors (Lipinski definition) is 4. The van der Waals surface area contributed by atoms with Gasteiger partial charge in [-0.2, -0.15) is 13.2 Å². The van der Waals surface area contributed by atoms with Crippen LogP contribution in [0.2, 0.25) is 0 Å². The zero-order valence-corrected chi connectivity index (χ0v) is 12.3. The van der Waals surface area contributed by atoms with Crippen molar-refractivity contribution in [2.75, 3.05) is 11.9 Å². The van der Waals surface area contributed by atoms with Crippen LogP contribution in [0, 0.1) is 0 Å². The van der Waals surface area contributed by atoms with E-state index in [1.165, 1.54) is 24.5 Å². The van der Waals surface area contributed by atoms with Gasteiger partial charge in [-0.15, -0.1) is 0 Å². The van der Waals surface area contributed by atoms with Crippen molar-refractivity contribution in [3.63, 3.8) is 0 Å². The molecule has 23 heavy (non-hydrogen) atoms. The first kappa shape index (κ1) is 16.7. The molecule has 0 bridgehead atoms. The van der Waals surface area contributed by atoms with E-state index in [-0.39, 0.29) is 23.1 Å². The zero-order chi connectivity index (χ0) is 16.9. The van der Waals surface area contributed by atoms with E-state index in [0.29, 0.717) is 6.54 Å². The maximum atomic E-state index is 12.7. The summed E-state index contributed by atoms with van der Waals surface area (Å²) in [5.74, 6) is -0.123. The van der Waals surface area contributed by atoms with Crippen molar-refractivity contribution in [2.24, 2.45) is 0 Å². The van der Waals surface area contributed by atoms with Gasteiger partial charge in [-0.25, -0.2) is 9.97 Å². The molecule has 2 aromatic rings. The van der Waals surface area contributed by atoms with Crippen LogP contribution in [0.3, 0.4) is 0 Å². The molecule has 8 heteroatoms. The lowest BCUT2D eigenvalue weighted by atomic mass is 10.2. The fourth-order valence-corrected chi connectivity index (χ4v) is 1.80. The van der Waals surface area contributed by atoms with Crippen molar-refractivity contribution in [3.8, 4) is 0 Å². The third kappa shape index (κ3) is 4.67. The summed E-state index contributed by atoms with van der Waals surface area (Å²) < 4.78 is 38.1. The lowest BCUT2D eigenvalue weighted by Crippen LogP contribution is -2.25. The fourth-order valence-electron chi connectivity index (χ4n) is 1.80. The molecule has 0 saturated heterocycles. The Balaban J connectivity index is 2.16. The van der Waals surface area contributed by atoms with Gasteiger partial charge in [-0.1, -0.05) is 13.0 Å². The second kappa shape index (κ2) is 7.08. The standard InChI is InChI=1S/C15H15F3N4O/c1-2-6-19-14(23)12-8-13(21-9-20-12)22-11-5-3-4-10(7-11)15(16,17)18/h3-5,7-9H,2,6H2,1H3,(H,19,23)(H,20,21,22). The number of halogens is 3. The number of aromatic nitrogens is 2. The Hall–Kier alpha value is -2.64. The summed E-state index contributed by atoms with van der Waals surface area (Å²) in [5.41, 5.74) is -0.404. The maximum Gasteiger partial charge on any atom is 0.416 e. The minimum absolute atomic E-state index is 0.142. The zero-order valence-electron chi connectivity index (χ0n) is 12.3. The second-order valence-corrected chi connectivity index (χ2v) is 4.75. The summed E-state index contributed by atoms with van der Waals surface area (Å²) in [7, 11) is 0. The predicted molar refractivity (Wildman–Crippen MR) is 79.4 cm³/mol. The van der Waals surface area contributed by atoms with Crippen LogP contribution in [-0.2, 0) is 6.18 Å². The van der Waals surface area contributed by atoms with E-state index in [1.807, 2.05) is 6.92 Å². The average Bonchev–Trinajstić information content (AvgIpc) is 2.52. The van der Waals surface area contributed by atoms with E-state index < -0.39 is 11.7 Å². The Labute approximate surface area is 131 Å². The topological polar surface area (TPSA) is 66.9 Å². The summed E-state index contributed by atoms with van der Waals surface area (Å²) in [6, 6.07) is 6.11. The molecule has 1 aromatic carbocycles. The van der Waals surface area contributed by atoms with Crippen molar-refractivity contribution in [2.45, 2.75) is 19.5 Å². The number of hydrogen-bond donors (Lipinski definition) is 2. The Morgan fingerprint density at radius 1 is 1.22 bits per heavy atom. The number of nitrogens with zero attached hydrogens (tertiary/aromatic N) is 2. The monoisotopic (exact) mass is 324 g/mol. The first-order valence-corrected chi connectivity index (χ1v) is 6.94. The molecule has 0 unspecified atom stereocenters. The third-order valence-electron chi connectivity index (χ3n) is 2.90. The minimum atomic E-state index is -4.42.